The molecule has 0 amide bonds. The van der Waals surface area contributed by atoms with E-state index < -0.39 is 18.6 Å². The summed E-state index contributed by atoms with van der Waals surface area (Å²) in [7, 11) is 0. The molecule has 2 aromatic carbocycles. The molecule has 2 fully saturated rings. The lowest BCUT2D eigenvalue weighted by Gasteiger charge is -2.35. The summed E-state index contributed by atoms with van der Waals surface area (Å²) in [6, 6.07) is 15.1. The van der Waals surface area contributed by atoms with Crippen LogP contribution >= 0.6 is 0 Å². The Bertz CT molecular complexity index is 1410. The van der Waals surface area contributed by atoms with Crippen molar-refractivity contribution in [2.45, 2.75) is 77.5 Å². The number of hydrogen-bond acceptors (Lipinski definition) is 5. The summed E-state index contributed by atoms with van der Waals surface area (Å²) < 4.78 is 45.8. The Morgan fingerprint density at radius 1 is 1.07 bits per heavy atom. The summed E-state index contributed by atoms with van der Waals surface area (Å²) >= 11 is 0. The van der Waals surface area contributed by atoms with Gasteiger partial charge in [0.1, 0.15) is 17.6 Å². The standard InChI is InChI=1S/C35H45F3N4O3/c1-4-23(3)33(34(43)44)41-21-27(31(22-41)26-7-6-8-28(36)18-26)20-40-15-13-25(14-16-40)32-19-29(39-42(32)5-2)17-24-9-11-30(12-10-24)45-35(37)38/h6-12,18-19,23,25,27,31,33,35H,4-5,13-17,20-22H2,1-3H3,(H,43,44)/t23-,27+,31-,33-/m1/s1. The summed E-state index contributed by atoms with van der Waals surface area (Å²) in [5.74, 6) is -0.211. The van der Waals surface area contributed by atoms with Crippen LogP contribution in [0.5, 0.6) is 5.75 Å². The molecule has 0 radical (unpaired) electrons. The van der Waals surface area contributed by atoms with Crippen LogP contribution in [0.3, 0.4) is 0 Å². The Kier molecular flexibility index (Phi) is 10.9. The minimum atomic E-state index is -2.84. The minimum Gasteiger partial charge on any atom is -0.480 e. The van der Waals surface area contributed by atoms with Gasteiger partial charge in [0.15, 0.2) is 0 Å². The van der Waals surface area contributed by atoms with Crippen LogP contribution < -0.4 is 4.74 Å². The van der Waals surface area contributed by atoms with E-state index >= 15 is 0 Å². The first-order chi connectivity index (χ1) is 21.6. The average Bonchev–Trinajstić information content (AvgIpc) is 3.62. The summed E-state index contributed by atoms with van der Waals surface area (Å²) in [6.07, 6.45) is 3.39. The lowest BCUT2D eigenvalue weighted by Crippen LogP contribution is -2.45. The molecule has 3 heterocycles. The second kappa shape index (κ2) is 14.8. The number of carbonyl (C=O) groups is 1. The maximum Gasteiger partial charge on any atom is 0.387 e. The van der Waals surface area contributed by atoms with Crippen molar-refractivity contribution in [2.75, 3.05) is 32.7 Å². The highest BCUT2D eigenvalue weighted by Crippen LogP contribution is 2.38. The third-order valence-electron chi connectivity index (χ3n) is 9.77. The lowest BCUT2D eigenvalue weighted by atomic mass is 9.87. The second-order valence-electron chi connectivity index (χ2n) is 12.7. The van der Waals surface area contributed by atoms with Crippen molar-refractivity contribution < 1.29 is 27.8 Å². The summed E-state index contributed by atoms with van der Waals surface area (Å²) in [4.78, 5) is 16.9. The number of likely N-dealkylation sites (tertiary alicyclic amines) is 2. The Balaban J connectivity index is 1.24. The van der Waals surface area contributed by atoms with Crippen LogP contribution in [0.1, 0.15) is 74.4 Å². The van der Waals surface area contributed by atoms with Crippen molar-refractivity contribution in [1.29, 1.82) is 0 Å². The van der Waals surface area contributed by atoms with Crippen LogP contribution in [-0.2, 0) is 17.8 Å². The van der Waals surface area contributed by atoms with Gasteiger partial charge in [0.05, 0.1) is 5.69 Å². The monoisotopic (exact) mass is 626 g/mol. The average molecular weight is 627 g/mol. The third-order valence-corrected chi connectivity index (χ3v) is 9.77. The molecule has 0 unspecified atom stereocenters. The summed E-state index contributed by atoms with van der Waals surface area (Å²) in [5, 5.41) is 14.9. The van der Waals surface area contributed by atoms with Gasteiger partial charge in [0.25, 0.3) is 0 Å². The number of carboxylic acids is 1. The molecule has 2 aliphatic heterocycles. The SMILES string of the molecule is CC[C@@H](C)[C@H](C(=O)O)N1C[C@H](CN2CCC(c3cc(Cc4ccc(OC(F)F)cc4)nn3CC)CC2)[C@@H](c2cccc(F)c2)C1. The Morgan fingerprint density at radius 2 is 1.80 bits per heavy atom. The molecule has 0 spiro atoms. The van der Waals surface area contributed by atoms with Crippen molar-refractivity contribution in [3.63, 3.8) is 0 Å². The molecule has 1 aromatic heterocycles. The number of ether oxygens (including phenoxy) is 1. The van der Waals surface area contributed by atoms with E-state index in [4.69, 9.17) is 5.10 Å². The van der Waals surface area contributed by atoms with Gasteiger partial charge in [-0.2, -0.15) is 13.9 Å². The van der Waals surface area contributed by atoms with E-state index in [-0.39, 0.29) is 29.3 Å². The molecule has 10 heteroatoms. The molecule has 0 bridgehead atoms. The number of carboxylic acid groups (broad SMARTS) is 1. The van der Waals surface area contributed by atoms with Gasteiger partial charge in [-0.1, -0.05) is 44.5 Å². The van der Waals surface area contributed by atoms with E-state index in [0.717, 1.165) is 62.3 Å². The van der Waals surface area contributed by atoms with Crippen LogP contribution in [0.2, 0.25) is 0 Å². The highest BCUT2D eigenvalue weighted by Gasteiger charge is 2.42. The molecule has 2 saturated heterocycles. The first kappa shape index (κ1) is 33.0. The van der Waals surface area contributed by atoms with Crippen molar-refractivity contribution in [1.82, 2.24) is 19.6 Å². The van der Waals surface area contributed by atoms with Gasteiger partial charge < -0.3 is 14.7 Å². The van der Waals surface area contributed by atoms with Gasteiger partial charge in [-0.05, 0) is 86.1 Å². The van der Waals surface area contributed by atoms with Crippen molar-refractivity contribution >= 4 is 5.97 Å². The molecule has 0 aliphatic carbocycles. The van der Waals surface area contributed by atoms with E-state index in [9.17, 15) is 23.1 Å². The number of halogens is 3. The van der Waals surface area contributed by atoms with Gasteiger partial charge in [-0.15, -0.1) is 0 Å². The topological polar surface area (TPSA) is 70.8 Å². The molecule has 244 valence electrons. The zero-order valence-corrected chi connectivity index (χ0v) is 26.4. The number of nitrogens with zero attached hydrogens (tertiary/aromatic N) is 4. The molecule has 5 rings (SSSR count). The minimum absolute atomic E-state index is 0.0253. The Hall–Kier alpha value is -3.37. The predicted octanol–water partition coefficient (Wildman–Crippen LogP) is 6.63. The number of alkyl halides is 2. The first-order valence-corrected chi connectivity index (χ1v) is 16.2. The van der Waals surface area contributed by atoms with Gasteiger partial charge in [0.2, 0.25) is 0 Å². The van der Waals surface area contributed by atoms with E-state index in [2.05, 4.69) is 32.2 Å². The zero-order chi connectivity index (χ0) is 32.1. The quantitative estimate of drug-likeness (QED) is 0.230. The fraction of sp³-hybridized carbons (Fsp3) is 0.543. The van der Waals surface area contributed by atoms with E-state index in [1.807, 2.05) is 19.9 Å². The van der Waals surface area contributed by atoms with Crippen LogP contribution in [0.4, 0.5) is 13.2 Å². The largest absolute Gasteiger partial charge is 0.480 e. The Labute approximate surface area is 264 Å². The molecule has 0 saturated carbocycles. The number of aromatic nitrogens is 2. The van der Waals surface area contributed by atoms with Gasteiger partial charge in [0, 0.05) is 50.1 Å². The lowest BCUT2D eigenvalue weighted by molar-refractivity contribution is -0.145. The van der Waals surface area contributed by atoms with Crippen molar-refractivity contribution in [2.24, 2.45) is 11.8 Å². The maximum atomic E-state index is 14.3. The van der Waals surface area contributed by atoms with E-state index in [0.29, 0.717) is 25.4 Å². The van der Waals surface area contributed by atoms with Crippen LogP contribution in [0.15, 0.2) is 54.6 Å². The number of rotatable bonds is 13. The predicted molar refractivity (Wildman–Crippen MR) is 167 cm³/mol. The first-order valence-electron chi connectivity index (χ1n) is 16.2. The number of aliphatic carboxylic acids is 1. The number of benzene rings is 2. The summed E-state index contributed by atoms with van der Waals surface area (Å²) in [5.41, 5.74) is 4.11. The highest BCUT2D eigenvalue weighted by molar-refractivity contribution is 5.74. The second-order valence-corrected chi connectivity index (χ2v) is 12.7. The fourth-order valence-corrected chi connectivity index (χ4v) is 7.31. The third kappa shape index (κ3) is 8.08. The zero-order valence-electron chi connectivity index (χ0n) is 26.4. The molecule has 1 N–H and O–H groups in total. The number of aryl methyl sites for hydroxylation is 1. The maximum absolute atomic E-state index is 14.3. The molecule has 7 nitrogen and oxygen atoms in total. The van der Waals surface area contributed by atoms with Gasteiger partial charge in [-0.25, -0.2) is 4.39 Å². The molecule has 2 aliphatic rings. The van der Waals surface area contributed by atoms with E-state index in [1.54, 1.807) is 36.4 Å². The molecular formula is C35H45F3N4O3. The van der Waals surface area contributed by atoms with Crippen molar-refractivity contribution in [3.8, 4) is 5.75 Å². The van der Waals surface area contributed by atoms with E-state index in [1.165, 1.54) is 11.8 Å². The molecule has 45 heavy (non-hydrogen) atoms. The molecule has 3 aromatic rings. The van der Waals surface area contributed by atoms with Gasteiger partial charge >= 0.3 is 12.6 Å². The van der Waals surface area contributed by atoms with Crippen LogP contribution in [0, 0.1) is 17.7 Å². The molecular weight excluding hydrogens is 581 g/mol. The van der Waals surface area contributed by atoms with Crippen LogP contribution in [0.25, 0.3) is 0 Å². The van der Waals surface area contributed by atoms with Crippen molar-refractivity contribution in [3.05, 3.63) is 82.9 Å². The normalized spacial score (nSPS) is 21.3. The highest BCUT2D eigenvalue weighted by atomic mass is 19.3. The van der Waals surface area contributed by atoms with Gasteiger partial charge in [-0.3, -0.25) is 14.4 Å². The Morgan fingerprint density at radius 3 is 2.42 bits per heavy atom. The smallest absolute Gasteiger partial charge is 0.387 e. The van der Waals surface area contributed by atoms with Crippen LogP contribution in [-0.4, -0.2) is 76.0 Å². The fourth-order valence-electron chi connectivity index (χ4n) is 7.31. The molecule has 4 atom stereocenters. The number of hydrogen-bond donors (Lipinski definition) is 1. The summed E-state index contributed by atoms with van der Waals surface area (Å²) in [6.45, 7) is 8.06. The number of piperidine rings is 1.